The fourth-order valence-corrected chi connectivity index (χ4v) is 3.65. The second-order valence-electron chi connectivity index (χ2n) is 7.37. The first-order valence-corrected chi connectivity index (χ1v) is 9.65. The number of nitrogens with zero attached hydrogens (tertiary/aromatic N) is 3. The van der Waals surface area contributed by atoms with Gasteiger partial charge in [0, 0.05) is 42.0 Å². The quantitative estimate of drug-likeness (QED) is 0.645. The van der Waals surface area contributed by atoms with E-state index in [9.17, 15) is 13.6 Å². The number of carbonyl (C=O) groups excluding carboxylic acids is 1. The Kier molecular flexibility index (Phi) is 5.34. The lowest BCUT2D eigenvalue weighted by atomic mass is 9.94. The van der Waals surface area contributed by atoms with Crippen molar-refractivity contribution in [1.29, 1.82) is 0 Å². The molecule has 0 aliphatic carbocycles. The number of hydrogen-bond acceptors (Lipinski definition) is 3. The van der Waals surface area contributed by atoms with Gasteiger partial charge in [-0.3, -0.25) is 4.79 Å². The lowest BCUT2D eigenvalue weighted by Gasteiger charge is -2.32. The average molecular weight is 393 g/mol. The summed E-state index contributed by atoms with van der Waals surface area (Å²) < 4.78 is 27.0. The van der Waals surface area contributed by atoms with Gasteiger partial charge in [-0.1, -0.05) is 6.07 Å². The smallest absolute Gasteiger partial charge is 0.253 e. The van der Waals surface area contributed by atoms with Crippen molar-refractivity contribution >= 4 is 5.91 Å². The third kappa shape index (κ3) is 4.16. The van der Waals surface area contributed by atoms with Gasteiger partial charge in [-0.25, -0.2) is 18.7 Å². The normalized spacial score (nSPS) is 16.7. The minimum Gasteiger partial charge on any atom is -0.338 e. The van der Waals surface area contributed by atoms with Crippen LogP contribution in [0.3, 0.4) is 0 Å². The van der Waals surface area contributed by atoms with Gasteiger partial charge in [0.2, 0.25) is 0 Å². The van der Waals surface area contributed by atoms with Crippen LogP contribution < -0.4 is 0 Å². The number of hydrogen-bond donors (Lipinski definition) is 0. The Labute approximate surface area is 168 Å². The first-order valence-electron chi connectivity index (χ1n) is 9.65. The average Bonchev–Trinajstić information content (AvgIpc) is 2.76. The molecule has 6 heteroatoms. The van der Waals surface area contributed by atoms with Crippen LogP contribution in [0.4, 0.5) is 8.78 Å². The van der Waals surface area contributed by atoms with Gasteiger partial charge in [0.1, 0.15) is 11.6 Å². The molecule has 1 aliphatic heterocycles. The molecule has 4 nitrogen and oxygen atoms in total. The van der Waals surface area contributed by atoms with Crippen LogP contribution in [0.2, 0.25) is 0 Å². The highest BCUT2D eigenvalue weighted by molar-refractivity contribution is 5.94. The van der Waals surface area contributed by atoms with Crippen molar-refractivity contribution < 1.29 is 13.6 Å². The molecule has 0 unspecified atom stereocenters. The van der Waals surface area contributed by atoms with Crippen molar-refractivity contribution in [2.75, 3.05) is 13.1 Å². The molecule has 148 valence electrons. The molecule has 3 aromatic rings. The van der Waals surface area contributed by atoms with Gasteiger partial charge < -0.3 is 4.90 Å². The summed E-state index contributed by atoms with van der Waals surface area (Å²) in [6.07, 6.45) is 3.45. The fourth-order valence-electron chi connectivity index (χ4n) is 3.65. The molecule has 0 spiro atoms. The zero-order valence-electron chi connectivity index (χ0n) is 16.1. The highest BCUT2D eigenvalue weighted by Gasteiger charge is 2.27. The van der Waals surface area contributed by atoms with Gasteiger partial charge in [-0.05, 0) is 67.8 Å². The Bertz CT molecular complexity index is 1040. The summed E-state index contributed by atoms with van der Waals surface area (Å²) in [5.74, 6) is -0.235. The largest absolute Gasteiger partial charge is 0.338 e. The lowest BCUT2D eigenvalue weighted by Crippen LogP contribution is -2.39. The molecule has 4 rings (SSSR count). The molecule has 0 bridgehead atoms. The van der Waals surface area contributed by atoms with Gasteiger partial charge in [0.15, 0.2) is 5.82 Å². The highest BCUT2D eigenvalue weighted by Crippen LogP contribution is 2.28. The Balaban J connectivity index is 1.54. The third-order valence-corrected chi connectivity index (χ3v) is 5.33. The first kappa shape index (κ1) is 19.2. The van der Waals surface area contributed by atoms with E-state index in [4.69, 9.17) is 0 Å². The molecule has 1 aliphatic rings. The number of benzene rings is 2. The molecule has 1 saturated heterocycles. The first-order chi connectivity index (χ1) is 14.0. The van der Waals surface area contributed by atoms with E-state index in [1.54, 1.807) is 42.3 Å². The highest BCUT2D eigenvalue weighted by atomic mass is 19.1. The minimum atomic E-state index is -0.371. The summed E-state index contributed by atoms with van der Waals surface area (Å²) in [6.45, 7) is 2.84. The molecule has 29 heavy (non-hydrogen) atoms. The molecule has 1 fully saturated rings. The monoisotopic (exact) mass is 393 g/mol. The van der Waals surface area contributed by atoms with Crippen LogP contribution in [0.15, 0.2) is 54.7 Å². The summed E-state index contributed by atoms with van der Waals surface area (Å²) in [5.41, 5.74) is 2.48. The second-order valence-corrected chi connectivity index (χ2v) is 7.37. The van der Waals surface area contributed by atoms with Crippen molar-refractivity contribution in [3.8, 4) is 11.4 Å². The SMILES string of the molecule is Cc1ccc(C(=O)N2CCC[C@@H](c3ccnc(-c4ccc(F)cc4)n3)C2)cc1F. The zero-order chi connectivity index (χ0) is 20.4. The van der Waals surface area contributed by atoms with Gasteiger partial charge in [-0.2, -0.15) is 0 Å². The van der Waals surface area contributed by atoms with E-state index in [-0.39, 0.29) is 23.5 Å². The van der Waals surface area contributed by atoms with E-state index in [1.807, 2.05) is 6.07 Å². The molecule has 0 saturated carbocycles. The maximum Gasteiger partial charge on any atom is 0.253 e. The molecular weight excluding hydrogens is 372 g/mol. The molecule has 1 atom stereocenters. The van der Waals surface area contributed by atoms with Crippen LogP contribution in [-0.2, 0) is 0 Å². The van der Waals surface area contributed by atoms with Crippen LogP contribution in [0, 0.1) is 18.6 Å². The van der Waals surface area contributed by atoms with Crippen molar-refractivity contribution in [2.24, 2.45) is 0 Å². The standard InChI is InChI=1S/C23H21F2N3O/c1-15-4-5-17(13-20(15)25)23(29)28-12-2-3-18(14-28)21-10-11-26-22(27-21)16-6-8-19(24)9-7-16/h4-11,13,18H,2-3,12,14H2,1H3/t18-/m1/s1. The Morgan fingerprint density at radius 1 is 1.10 bits per heavy atom. The van der Waals surface area contributed by atoms with Crippen molar-refractivity contribution in [2.45, 2.75) is 25.7 Å². The van der Waals surface area contributed by atoms with E-state index in [1.165, 1.54) is 18.2 Å². The summed E-state index contributed by atoms with van der Waals surface area (Å²) in [6, 6.07) is 12.5. The number of halogens is 2. The van der Waals surface area contributed by atoms with Gasteiger partial charge in [0.05, 0.1) is 0 Å². The van der Waals surface area contributed by atoms with E-state index < -0.39 is 0 Å². The van der Waals surface area contributed by atoms with Gasteiger partial charge in [0.25, 0.3) is 5.91 Å². The Morgan fingerprint density at radius 2 is 1.90 bits per heavy atom. The van der Waals surface area contributed by atoms with E-state index in [0.29, 0.717) is 30.0 Å². The number of piperidine rings is 1. The van der Waals surface area contributed by atoms with E-state index >= 15 is 0 Å². The zero-order valence-corrected chi connectivity index (χ0v) is 16.1. The van der Waals surface area contributed by atoms with E-state index in [0.717, 1.165) is 24.1 Å². The van der Waals surface area contributed by atoms with Crippen LogP contribution in [0.25, 0.3) is 11.4 Å². The Morgan fingerprint density at radius 3 is 2.66 bits per heavy atom. The number of carbonyl (C=O) groups is 1. The number of rotatable bonds is 3. The van der Waals surface area contributed by atoms with E-state index in [2.05, 4.69) is 9.97 Å². The predicted octanol–water partition coefficient (Wildman–Crippen LogP) is 4.75. The summed E-state index contributed by atoms with van der Waals surface area (Å²) in [4.78, 5) is 23.6. The number of amides is 1. The number of likely N-dealkylation sites (tertiary alicyclic amines) is 1. The van der Waals surface area contributed by atoms with Crippen LogP contribution >= 0.6 is 0 Å². The van der Waals surface area contributed by atoms with Gasteiger partial charge in [-0.15, -0.1) is 0 Å². The van der Waals surface area contributed by atoms with Crippen LogP contribution in [0.5, 0.6) is 0 Å². The topological polar surface area (TPSA) is 46.1 Å². The van der Waals surface area contributed by atoms with Crippen molar-refractivity contribution in [1.82, 2.24) is 14.9 Å². The summed E-state index contributed by atoms with van der Waals surface area (Å²) in [7, 11) is 0. The van der Waals surface area contributed by atoms with Crippen molar-refractivity contribution in [3.63, 3.8) is 0 Å². The Hall–Kier alpha value is -3.15. The van der Waals surface area contributed by atoms with Gasteiger partial charge >= 0.3 is 0 Å². The maximum atomic E-state index is 13.9. The number of aromatic nitrogens is 2. The summed E-state index contributed by atoms with van der Waals surface area (Å²) >= 11 is 0. The van der Waals surface area contributed by atoms with Crippen molar-refractivity contribution in [3.05, 3.63) is 83.2 Å². The second kappa shape index (κ2) is 8.07. The van der Waals surface area contributed by atoms with Crippen LogP contribution in [0.1, 0.15) is 40.4 Å². The molecule has 2 heterocycles. The minimum absolute atomic E-state index is 0.0743. The maximum absolute atomic E-state index is 13.9. The van der Waals surface area contributed by atoms with Crippen LogP contribution in [-0.4, -0.2) is 33.9 Å². The molecule has 0 N–H and O–H groups in total. The molecule has 2 aromatic carbocycles. The summed E-state index contributed by atoms with van der Waals surface area (Å²) in [5, 5.41) is 0. The molecule has 1 amide bonds. The number of aryl methyl sites for hydroxylation is 1. The third-order valence-electron chi connectivity index (χ3n) is 5.33. The lowest BCUT2D eigenvalue weighted by molar-refractivity contribution is 0.0705. The molecule has 1 aromatic heterocycles. The molecule has 0 radical (unpaired) electrons. The fraction of sp³-hybridized carbons (Fsp3) is 0.261. The molecular formula is C23H21F2N3O. The predicted molar refractivity (Wildman–Crippen MR) is 106 cm³/mol.